The van der Waals surface area contributed by atoms with Crippen molar-refractivity contribution in [2.75, 3.05) is 20.7 Å². The second-order valence-electron chi connectivity index (χ2n) is 7.30. The molecular formula is C25H24BrN3O2. The number of nitrogens with one attached hydrogen (secondary N) is 1. The lowest BCUT2D eigenvalue weighted by molar-refractivity contribution is -0.120. The van der Waals surface area contributed by atoms with Crippen LogP contribution < -0.4 is 10.1 Å². The maximum atomic E-state index is 12.1. The van der Waals surface area contributed by atoms with E-state index in [-0.39, 0.29) is 11.9 Å². The van der Waals surface area contributed by atoms with Crippen molar-refractivity contribution < 1.29 is 9.53 Å². The van der Waals surface area contributed by atoms with Crippen LogP contribution in [0.3, 0.4) is 0 Å². The standard InChI is InChI=1S/C25H24BrN3O2/c1-27-23(30)14-15-29-24(17-6-4-3-5-7-17)21-16-19(26)10-13-22(21)28-25(29)18-8-11-20(31-2)12-9-18/h3-13,16,24H,14-15H2,1-2H3,(H,27,30). The van der Waals surface area contributed by atoms with E-state index in [1.54, 1.807) is 14.2 Å². The first kappa shape index (κ1) is 21.1. The van der Waals surface area contributed by atoms with Crippen molar-refractivity contribution in [3.05, 3.63) is 94.0 Å². The third-order valence-corrected chi connectivity index (χ3v) is 5.91. The number of aliphatic imine (C=N–C) groups is 1. The number of carbonyl (C=O) groups is 1. The van der Waals surface area contributed by atoms with Gasteiger partial charge in [0.15, 0.2) is 0 Å². The number of benzene rings is 3. The normalized spacial score (nSPS) is 15.1. The Balaban J connectivity index is 1.87. The summed E-state index contributed by atoms with van der Waals surface area (Å²) in [4.78, 5) is 19.4. The van der Waals surface area contributed by atoms with Crippen molar-refractivity contribution in [1.29, 1.82) is 0 Å². The minimum atomic E-state index is -0.0621. The van der Waals surface area contributed by atoms with E-state index in [0.29, 0.717) is 13.0 Å². The molecule has 5 nitrogen and oxygen atoms in total. The highest BCUT2D eigenvalue weighted by Gasteiger charge is 2.32. The first-order valence-electron chi connectivity index (χ1n) is 10.2. The smallest absolute Gasteiger partial charge is 0.221 e. The first-order valence-corrected chi connectivity index (χ1v) is 10.9. The van der Waals surface area contributed by atoms with Gasteiger partial charge in [-0.2, -0.15) is 0 Å². The van der Waals surface area contributed by atoms with Gasteiger partial charge in [-0.1, -0.05) is 46.3 Å². The van der Waals surface area contributed by atoms with Crippen LogP contribution in [0.2, 0.25) is 0 Å². The first-order chi connectivity index (χ1) is 15.1. The molecular weight excluding hydrogens is 454 g/mol. The van der Waals surface area contributed by atoms with Crippen LogP contribution >= 0.6 is 15.9 Å². The number of methoxy groups -OCH3 is 1. The third-order valence-electron chi connectivity index (χ3n) is 5.42. The Morgan fingerprint density at radius 1 is 1.10 bits per heavy atom. The highest BCUT2D eigenvalue weighted by atomic mass is 79.9. The van der Waals surface area contributed by atoms with E-state index in [1.165, 1.54) is 0 Å². The van der Waals surface area contributed by atoms with E-state index in [9.17, 15) is 4.79 Å². The summed E-state index contributed by atoms with van der Waals surface area (Å²) in [5, 5.41) is 2.73. The van der Waals surface area contributed by atoms with Gasteiger partial charge in [-0.15, -0.1) is 0 Å². The van der Waals surface area contributed by atoms with E-state index in [2.05, 4.69) is 44.3 Å². The van der Waals surface area contributed by atoms with Gasteiger partial charge in [-0.25, -0.2) is 4.99 Å². The van der Waals surface area contributed by atoms with Crippen molar-refractivity contribution in [3.63, 3.8) is 0 Å². The second kappa shape index (κ2) is 9.35. The van der Waals surface area contributed by atoms with Crippen molar-refractivity contribution >= 4 is 33.4 Å². The lowest BCUT2D eigenvalue weighted by Gasteiger charge is -2.39. The molecule has 0 saturated heterocycles. The largest absolute Gasteiger partial charge is 0.497 e. The zero-order valence-electron chi connectivity index (χ0n) is 17.5. The Kier molecular flexibility index (Phi) is 6.37. The topological polar surface area (TPSA) is 53.9 Å². The minimum absolute atomic E-state index is 0.000863. The Morgan fingerprint density at radius 3 is 2.52 bits per heavy atom. The molecule has 158 valence electrons. The molecule has 3 aromatic carbocycles. The lowest BCUT2D eigenvalue weighted by Crippen LogP contribution is -2.40. The summed E-state index contributed by atoms with van der Waals surface area (Å²) in [6.07, 6.45) is 0.373. The van der Waals surface area contributed by atoms with Crippen molar-refractivity contribution in [3.8, 4) is 5.75 Å². The number of fused-ring (bicyclic) bond motifs is 1. The molecule has 0 spiro atoms. The molecule has 1 N–H and O–H groups in total. The summed E-state index contributed by atoms with van der Waals surface area (Å²) in [6.45, 7) is 0.538. The van der Waals surface area contributed by atoms with Gasteiger partial charge >= 0.3 is 0 Å². The summed E-state index contributed by atoms with van der Waals surface area (Å²) in [7, 11) is 3.32. The number of hydrogen-bond donors (Lipinski definition) is 1. The number of hydrogen-bond acceptors (Lipinski definition) is 4. The fourth-order valence-electron chi connectivity index (χ4n) is 3.86. The van der Waals surface area contributed by atoms with Crippen LogP contribution in [-0.2, 0) is 4.79 Å². The molecule has 0 aromatic heterocycles. The molecule has 1 amide bonds. The van der Waals surface area contributed by atoms with Gasteiger partial charge in [-0.3, -0.25) is 4.79 Å². The van der Waals surface area contributed by atoms with Crippen LogP contribution in [0.4, 0.5) is 5.69 Å². The highest BCUT2D eigenvalue weighted by molar-refractivity contribution is 9.10. The minimum Gasteiger partial charge on any atom is -0.497 e. The summed E-state index contributed by atoms with van der Waals surface area (Å²) in [5.41, 5.74) is 4.17. The monoisotopic (exact) mass is 477 g/mol. The number of rotatable bonds is 6. The van der Waals surface area contributed by atoms with Crippen LogP contribution in [-0.4, -0.2) is 37.3 Å². The van der Waals surface area contributed by atoms with E-state index in [4.69, 9.17) is 9.73 Å². The molecule has 0 fully saturated rings. The maximum absolute atomic E-state index is 12.1. The van der Waals surface area contributed by atoms with E-state index < -0.39 is 0 Å². The zero-order chi connectivity index (χ0) is 21.8. The molecule has 1 aliphatic rings. The van der Waals surface area contributed by atoms with Crippen LogP contribution in [0.5, 0.6) is 5.75 Å². The third kappa shape index (κ3) is 4.49. The molecule has 3 aromatic rings. The van der Waals surface area contributed by atoms with Gasteiger partial charge in [0, 0.05) is 35.6 Å². The molecule has 4 rings (SSSR count). The Morgan fingerprint density at radius 2 is 1.84 bits per heavy atom. The number of nitrogens with zero attached hydrogens (tertiary/aromatic N) is 2. The fraction of sp³-hybridized carbons (Fsp3) is 0.200. The molecule has 0 radical (unpaired) electrons. The second-order valence-corrected chi connectivity index (χ2v) is 8.21. The summed E-state index contributed by atoms with van der Waals surface area (Å²) in [5.74, 6) is 1.64. The van der Waals surface area contributed by atoms with Crippen LogP contribution in [0.15, 0.2) is 82.3 Å². The van der Waals surface area contributed by atoms with Crippen LogP contribution in [0, 0.1) is 0 Å². The van der Waals surface area contributed by atoms with Gasteiger partial charge < -0.3 is 15.0 Å². The predicted octanol–water partition coefficient (Wildman–Crippen LogP) is 5.08. The van der Waals surface area contributed by atoms with E-state index in [1.807, 2.05) is 54.6 Å². The highest BCUT2D eigenvalue weighted by Crippen LogP contribution is 2.41. The SMILES string of the molecule is CNC(=O)CCN1C(c2ccc(OC)cc2)=Nc2ccc(Br)cc2C1c1ccccc1. The molecule has 0 aliphatic carbocycles. The number of halogens is 1. The Bertz CT molecular complexity index is 1100. The molecule has 1 unspecified atom stereocenters. The van der Waals surface area contributed by atoms with Gasteiger partial charge in [0.05, 0.1) is 18.8 Å². The predicted molar refractivity (Wildman–Crippen MR) is 127 cm³/mol. The Hall–Kier alpha value is -3.12. The molecule has 1 atom stereocenters. The number of ether oxygens (including phenoxy) is 1. The van der Waals surface area contributed by atoms with Gasteiger partial charge in [0.1, 0.15) is 11.6 Å². The quantitative estimate of drug-likeness (QED) is 0.538. The van der Waals surface area contributed by atoms with Crippen molar-refractivity contribution in [2.24, 2.45) is 4.99 Å². The average Bonchev–Trinajstić information content (AvgIpc) is 2.82. The zero-order valence-corrected chi connectivity index (χ0v) is 19.1. The summed E-state index contributed by atoms with van der Waals surface area (Å²) in [6, 6.07) is 24.3. The fourth-order valence-corrected chi connectivity index (χ4v) is 4.24. The maximum Gasteiger partial charge on any atom is 0.221 e. The number of amidine groups is 1. The van der Waals surface area contributed by atoms with Gasteiger partial charge in [0.2, 0.25) is 5.91 Å². The van der Waals surface area contributed by atoms with Gasteiger partial charge in [0.25, 0.3) is 0 Å². The lowest BCUT2D eigenvalue weighted by atomic mass is 9.92. The Labute approximate surface area is 190 Å². The molecule has 31 heavy (non-hydrogen) atoms. The number of amides is 1. The molecule has 6 heteroatoms. The average molecular weight is 478 g/mol. The van der Waals surface area contributed by atoms with Crippen molar-refractivity contribution in [2.45, 2.75) is 12.5 Å². The van der Waals surface area contributed by atoms with Crippen LogP contribution in [0.25, 0.3) is 0 Å². The number of carbonyl (C=O) groups excluding carboxylic acids is 1. The van der Waals surface area contributed by atoms with E-state index >= 15 is 0 Å². The molecule has 1 aliphatic heterocycles. The molecule has 0 bridgehead atoms. The molecule has 1 heterocycles. The summed E-state index contributed by atoms with van der Waals surface area (Å²) >= 11 is 3.61. The van der Waals surface area contributed by atoms with Crippen LogP contribution in [0.1, 0.15) is 29.2 Å². The van der Waals surface area contributed by atoms with Gasteiger partial charge in [-0.05, 0) is 48.0 Å². The molecule has 0 saturated carbocycles. The summed E-state index contributed by atoms with van der Waals surface area (Å²) < 4.78 is 6.33. The van der Waals surface area contributed by atoms with Crippen molar-refractivity contribution in [1.82, 2.24) is 10.2 Å². The van der Waals surface area contributed by atoms with E-state index in [0.717, 1.165) is 38.4 Å².